The van der Waals surface area contributed by atoms with E-state index in [0.29, 0.717) is 6.61 Å². The standard InChI is InChI=1S/C20H20N2O2S2/c1-14-13-25-20(21-14)26-15(2)19(23)22-17-8-10-18(11-9-17)24-12-16-6-4-3-5-7-16/h3-11,13,15H,12H2,1-2H3,(H,22,23). The van der Waals surface area contributed by atoms with Crippen LogP contribution in [0.25, 0.3) is 0 Å². The van der Waals surface area contributed by atoms with Gasteiger partial charge in [-0.2, -0.15) is 0 Å². The maximum atomic E-state index is 12.3. The third-order valence-corrected chi connectivity index (χ3v) is 5.80. The molecule has 2 aromatic carbocycles. The molecule has 26 heavy (non-hydrogen) atoms. The Morgan fingerprint density at radius 1 is 1.19 bits per heavy atom. The van der Waals surface area contributed by atoms with Gasteiger partial charge in [-0.15, -0.1) is 11.3 Å². The number of amides is 1. The molecule has 1 unspecified atom stereocenters. The zero-order chi connectivity index (χ0) is 18.4. The van der Waals surface area contributed by atoms with Gasteiger partial charge >= 0.3 is 0 Å². The molecule has 0 aliphatic rings. The van der Waals surface area contributed by atoms with Crippen LogP contribution in [0, 0.1) is 6.92 Å². The maximum absolute atomic E-state index is 12.3. The highest BCUT2D eigenvalue weighted by Crippen LogP contribution is 2.27. The lowest BCUT2D eigenvalue weighted by Gasteiger charge is -2.11. The minimum absolute atomic E-state index is 0.0409. The Bertz CT molecular complexity index is 848. The van der Waals surface area contributed by atoms with Gasteiger partial charge in [-0.25, -0.2) is 4.98 Å². The highest BCUT2D eigenvalue weighted by atomic mass is 32.2. The third kappa shape index (κ3) is 5.34. The first kappa shape index (κ1) is 18.5. The van der Waals surface area contributed by atoms with Crippen molar-refractivity contribution >= 4 is 34.7 Å². The second-order valence-electron chi connectivity index (χ2n) is 5.80. The molecule has 1 aromatic heterocycles. The second kappa shape index (κ2) is 8.87. The Kier molecular flexibility index (Phi) is 6.30. The van der Waals surface area contributed by atoms with Crippen LogP contribution in [0.3, 0.4) is 0 Å². The largest absolute Gasteiger partial charge is 0.489 e. The average molecular weight is 385 g/mol. The summed E-state index contributed by atoms with van der Waals surface area (Å²) in [5.41, 5.74) is 2.86. The highest BCUT2D eigenvalue weighted by molar-refractivity contribution is 8.02. The van der Waals surface area contributed by atoms with Crippen LogP contribution in [-0.4, -0.2) is 16.1 Å². The molecule has 0 bridgehead atoms. The number of rotatable bonds is 7. The van der Waals surface area contributed by atoms with Crippen molar-refractivity contribution in [2.24, 2.45) is 0 Å². The lowest BCUT2D eigenvalue weighted by Crippen LogP contribution is -2.22. The lowest BCUT2D eigenvalue weighted by atomic mass is 10.2. The summed E-state index contributed by atoms with van der Waals surface area (Å²) >= 11 is 3.03. The maximum Gasteiger partial charge on any atom is 0.237 e. The topological polar surface area (TPSA) is 51.2 Å². The van der Waals surface area contributed by atoms with E-state index in [1.807, 2.05) is 73.8 Å². The van der Waals surface area contributed by atoms with Crippen LogP contribution in [0.4, 0.5) is 5.69 Å². The molecular weight excluding hydrogens is 364 g/mol. The van der Waals surface area contributed by atoms with Crippen molar-refractivity contribution in [2.75, 3.05) is 5.32 Å². The van der Waals surface area contributed by atoms with Crippen molar-refractivity contribution < 1.29 is 9.53 Å². The second-order valence-corrected chi connectivity index (χ2v) is 8.25. The molecule has 134 valence electrons. The lowest BCUT2D eigenvalue weighted by molar-refractivity contribution is -0.115. The van der Waals surface area contributed by atoms with Gasteiger partial charge in [-0.3, -0.25) is 4.79 Å². The van der Waals surface area contributed by atoms with E-state index in [2.05, 4.69) is 10.3 Å². The van der Waals surface area contributed by atoms with E-state index >= 15 is 0 Å². The minimum Gasteiger partial charge on any atom is -0.489 e. The quantitative estimate of drug-likeness (QED) is 0.572. The van der Waals surface area contributed by atoms with Crippen LogP contribution in [0.5, 0.6) is 5.75 Å². The summed E-state index contributed by atoms with van der Waals surface area (Å²) in [5, 5.41) is 4.71. The van der Waals surface area contributed by atoms with Crippen molar-refractivity contribution in [1.29, 1.82) is 0 Å². The molecule has 0 aliphatic heterocycles. The van der Waals surface area contributed by atoms with Crippen molar-refractivity contribution in [3.8, 4) is 5.75 Å². The van der Waals surface area contributed by atoms with Crippen LogP contribution >= 0.6 is 23.1 Å². The van der Waals surface area contributed by atoms with E-state index in [1.165, 1.54) is 11.8 Å². The van der Waals surface area contributed by atoms with Gasteiger partial charge in [-0.1, -0.05) is 42.1 Å². The molecule has 0 radical (unpaired) electrons. The molecule has 0 saturated heterocycles. The van der Waals surface area contributed by atoms with E-state index in [-0.39, 0.29) is 11.2 Å². The van der Waals surface area contributed by atoms with Gasteiger partial charge in [0.15, 0.2) is 4.34 Å². The molecule has 1 amide bonds. The number of nitrogens with zero attached hydrogens (tertiary/aromatic N) is 1. The molecule has 6 heteroatoms. The van der Waals surface area contributed by atoms with E-state index in [4.69, 9.17) is 4.74 Å². The molecule has 1 atom stereocenters. The van der Waals surface area contributed by atoms with E-state index in [1.54, 1.807) is 11.3 Å². The summed E-state index contributed by atoms with van der Waals surface area (Å²) in [5.74, 6) is 0.730. The number of carbonyl (C=O) groups excluding carboxylic acids is 1. The number of nitrogens with one attached hydrogen (secondary N) is 1. The molecule has 0 aliphatic carbocycles. The third-order valence-electron chi connectivity index (χ3n) is 3.61. The number of thiazole rings is 1. The predicted molar refractivity (Wildman–Crippen MR) is 108 cm³/mol. The molecular formula is C20H20N2O2S2. The van der Waals surface area contributed by atoms with E-state index < -0.39 is 0 Å². The Balaban J connectivity index is 1.50. The van der Waals surface area contributed by atoms with Gasteiger partial charge in [0.2, 0.25) is 5.91 Å². The van der Waals surface area contributed by atoms with Crippen LogP contribution in [0.2, 0.25) is 0 Å². The monoisotopic (exact) mass is 384 g/mol. The number of carbonyl (C=O) groups is 1. The summed E-state index contributed by atoms with van der Waals surface area (Å²) in [6.07, 6.45) is 0. The number of anilines is 1. The number of aromatic nitrogens is 1. The van der Waals surface area contributed by atoms with E-state index in [9.17, 15) is 4.79 Å². The smallest absolute Gasteiger partial charge is 0.237 e. The van der Waals surface area contributed by atoms with Crippen LogP contribution in [0.15, 0.2) is 64.3 Å². The van der Waals surface area contributed by atoms with Crippen molar-refractivity contribution in [1.82, 2.24) is 4.98 Å². The van der Waals surface area contributed by atoms with Crippen molar-refractivity contribution in [3.05, 3.63) is 71.2 Å². The first-order valence-corrected chi connectivity index (χ1v) is 10.0. The fraction of sp³-hybridized carbons (Fsp3) is 0.200. The number of hydrogen-bond acceptors (Lipinski definition) is 5. The first-order valence-electron chi connectivity index (χ1n) is 8.26. The van der Waals surface area contributed by atoms with Gasteiger partial charge in [-0.05, 0) is 43.7 Å². The van der Waals surface area contributed by atoms with Gasteiger partial charge in [0.05, 0.1) is 5.25 Å². The Morgan fingerprint density at radius 3 is 2.58 bits per heavy atom. The molecule has 1 heterocycles. The van der Waals surface area contributed by atoms with Crippen molar-refractivity contribution in [2.45, 2.75) is 30.0 Å². The summed E-state index contributed by atoms with van der Waals surface area (Å²) in [7, 11) is 0. The Morgan fingerprint density at radius 2 is 1.92 bits per heavy atom. The Hall–Kier alpha value is -2.31. The molecule has 4 nitrogen and oxygen atoms in total. The fourth-order valence-electron chi connectivity index (χ4n) is 2.21. The summed E-state index contributed by atoms with van der Waals surface area (Å²) < 4.78 is 6.67. The number of hydrogen-bond donors (Lipinski definition) is 1. The summed E-state index contributed by atoms with van der Waals surface area (Å²) in [6.45, 7) is 4.36. The van der Waals surface area contributed by atoms with Crippen LogP contribution in [-0.2, 0) is 11.4 Å². The SMILES string of the molecule is Cc1csc(SC(C)C(=O)Nc2ccc(OCc3ccccc3)cc2)n1. The normalized spacial score (nSPS) is 11.8. The zero-order valence-corrected chi connectivity index (χ0v) is 16.3. The molecule has 0 fully saturated rings. The number of benzene rings is 2. The molecule has 3 aromatic rings. The van der Waals surface area contributed by atoms with Crippen LogP contribution < -0.4 is 10.1 Å². The van der Waals surface area contributed by atoms with Gasteiger partial charge in [0.1, 0.15) is 12.4 Å². The first-order chi connectivity index (χ1) is 12.6. The van der Waals surface area contributed by atoms with E-state index in [0.717, 1.165) is 27.0 Å². The predicted octanol–water partition coefficient (Wildman–Crippen LogP) is 5.15. The number of aryl methyl sites for hydroxylation is 1. The summed E-state index contributed by atoms with van der Waals surface area (Å²) in [6, 6.07) is 17.4. The van der Waals surface area contributed by atoms with Crippen LogP contribution in [0.1, 0.15) is 18.2 Å². The fourth-order valence-corrected chi connectivity index (χ4v) is 4.20. The summed E-state index contributed by atoms with van der Waals surface area (Å²) in [4.78, 5) is 16.7. The molecule has 1 N–H and O–H groups in total. The molecule has 0 spiro atoms. The molecule has 3 rings (SSSR count). The van der Waals surface area contributed by atoms with Gasteiger partial charge < -0.3 is 10.1 Å². The Labute approximate surface area is 161 Å². The van der Waals surface area contributed by atoms with Gasteiger partial charge in [0.25, 0.3) is 0 Å². The minimum atomic E-state index is -0.213. The van der Waals surface area contributed by atoms with Gasteiger partial charge in [0, 0.05) is 16.8 Å². The highest BCUT2D eigenvalue weighted by Gasteiger charge is 2.16. The molecule has 0 saturated carbocycles. The number of thioether (sulfide) groups is 1. The zero-order valence-electron chi connectivity index (χ0n) is 14.6. The van der Waals surface area contributed by atoms with Crippen molar-refractivity contribution in [3.63, 3.8) is 0 Å². The average Bonchev–Trinajstić information content (AvgIpc) is 3.06. The number of ether oxygens (including phenoxy) is 1.